The number of amides is 4. The number of benzene rings is 1. The minimum atomic E-state index is -0.801. The normalized spacial score (nSPS) is 17.5. The molecule has 2 fully saturated rings. The van der Waals surface area contributed by atoms with Crippen LogP contribution in [0.4, 0.5) is 10.5 Å². The van der Waals surface area contributed by atoms with Gasteiger partial charge >= 0.3 is 6.03 Å². The Morgan fingerprint density at radius 1 is 1.12 bits per heavy atom. The van der Waals surface area contributed by atoms with Gasteiger partial charge in [0.15, 0.2) is 5.65 Å². The second kappa shape index (κ2) is 8.15. The van der Waals surface area contributed by atoms with Crippen LogP contribution in [0.1, 0.15) is 38.5 Å². The van der Waals surface area contributed by atoms with Gasteiger partial charge in [0.2, 0.25) is 5.91 Å². The van der Waals surface area contributed by atoms with Crippen LogP contribution in [0, 0.1) is 0 Å². The summed E-state index contributed by atoms with van der Waals surface area (Å²) >= 11 is 0. The zero-order valence-electron chi connectivity index (χ0n) is 17.8. The molecule has 3 N–H and O–H groups in total. The van der Waals surface area contributed by atoms with Gasteiger partial charge in [-0.25, -0.2) is 14.5 Å². The fourth-order valence-corrected chi connectivity index (χ4v) is 4.60. The highest BCUT2D eigenvalue weighted by Gasteiger charge is 2.51. The van der Waals surface area contributed by atoms with Gasteiger partial charge in [-0.3, -0.25) is 19.3 Å². The lowest BCUT2D eigenvalue weighted by Gasteiger charge is -2.30. The summed E-state index contributed by atoms with van der Waals surface area (Å²) in [5, 5.41) is 10.2. The van der Waals surface area contributed by atoms with E-state index in [-0.39, 0.29) is 30.3 Å². The van der Waals surface area contributed by atoms with Crippen molar-refractivity contribution in [2.75, 3.05) is 11.9 Å². The van der Waals surface area contributed by atoms with Crippen molar-refractivity contribution in [1.29, 1.82) is 0 Å². The molecule has 3 aromatic rings. The molecular weight excluding hydrogens is 426 g/mol. The lowest BCUT2D eigenvalue weighted by atomic mass is 9.82. The number of anilines is 1. The third kappa shape index (κ3) is 3.65. The molecular formula is C22H23N7O4. The molecule has 170 valence electrons. The first-order valence-corrected chi connectivity index (χ1v) is 10.9. The number of nitrogens with one attached hydrogen (secondary N) is 3. The lowest BCUT2D eigenvalue weighted by Crippen LogP contribution is -2.48. The van der Waals surface area contributed by atoms with Gasteiger partial charge in [-0.15, -0.1) is 0 Å². The van der Waals surface area contributed by atoms with Crippen LogP contribution in [0.25, 0.3) is 16.7 Å². The highest BCUT2D eigenvalue weighted by atomic mass is 16.2. The fraction of sp³-hybridized carbons (Fsp3) is 0.364. The van der Waals surface area contributed by atoms with Gasteiger partial charge in [-0.1, -0.05) is 31.4 Å². The Morgan fingerprint density at radius 3 is 2.73 bits per heavy atom. The zero-order valence-corrected chi connectivity index (χ0v) is 17.8. The Balaban J connectivity index is 1.30. The highest BCUT2D eigenvalue weighted by molar-refractivity contribution is 6.07. The Labute approximate surface area is 188 Å². The SMILES string of the molecule is O=C(CCN1C(=O)NC2(CCCCC2)C1=O)Nc1ccccc1-n1ncc2c(=O)[nH]cnc21. The second-order valence-corrected chi connectivity index (χ2v) is 8.37. The smallest absolute Gasteiger partial charge is 0.324 e. The van der Waals surface area contributed by atoms with Crippen molar-refractivity contribution in [3.63, 3.8) is 0 Å². The summed E-state index contributed by atoms with van der Waals surface area (Å²) in [5.74, 6) is -0.588. The number of rotatable bonds is 5. The van der Waals surface area contributed by atoms with Crippen molar-refractivity contribution >= 4 is 34.6 Å². The van der Waals surface area contributed by atoms with Gasteiger partial charge < -0.3 is 15.6 Å². The number of aromatic amines is 1. The summed E-state index contributed by atoms with van der Waals surface area (Å²) in [6.45, 7) is 0.00203. The molecule has 0 unspecified atom stereocenters. The predicted molar refractivity (Wildman–Crippen MR) is 119 cm³/mol. The monoisotopic (exact) mass is 449 g/mol. The van der Waals surface area contributed by atoms with Gasteiger partial charge in [0.05, 0.1) is 23.9 Å². The van der Waals surface area contributed by atoms with Gasteiger partial charge in [0, 0.05) is 13.0 Å². The number of hydrogen-bond acceptors (Lipinski definition) is 6. The van der Waals surface area contributed by atoms with E-state index in [2.05, 4.69) is 25.7 Å². The molecule has 0 atom stereocenters. The van der Waals surface area contributed by atoms with Crippen molar-refractivity contribution in [3.8, 4) is 5.69 Å². The molecule has 1 aromatic carbocycles. The van der Waals surface area contributed by atoms with Crippen molar-refractivity contribution < 1.29 is 14.4 Å². The summed E-state index contributed by atoms with van der Waals surface area (Å²) in [4.78, 5) is 57.8. The molecule has 0 bridgehead atoms. The number of para-hydroxylation sites is 2. The Hall–Kier alpha value is -4.02. The Morgan fingerprint density at radius 2 is 1.91 bits per heavy atom. The van der Waals surface area contributed by atoms with Crippen molar-refractivity contribution in [1.82, 2.24) is 30.0 Å². The van der Waals surface area contributed by atoms with E-state index >= 15 is 0 Å². The maximum absolute atomic E-state index is 12.9. The summed E-state index contributed by atoms with van der Waals surface area (Å²) in [6, 6.07) is 6.56. The van der Waals surface area contributed by atoms with Crippen molar-refractivity contribution in [2.45, 2.75) is 44.1 Å². The number of hydrogen-bond donors (Lipinski definition) is 3. The molecule has 5 rings (SSSR count). The first kappa shape index (κ1) is 20.9. The van der Waals surface area contributed by atoms with E-state index < -0.39 is 11.6 Å². The number of aromatic nitrogens is 4. The first-order chi connectivity index (χ1) is 16.0. The van der Waals surface area contributed by atoms with Crippen LogP contribution in [-0.4, -0.2) is 54.6 Å². The minimum Gasteiger partial charge on any atom is -0.324 e. The van der Waals surface area contributed by atoms with Crippen LogP contribution in [-0.2, 0) is 9.59 Å². The standard InChI is InChI=1S/C22H23N7O4/c30-17(8-11-28-20(32)22(27-21(28)33)9-4-1-5-10-22)26-15-6-2-3-7-16(15)29-18-14(12-25-29)19(31)24-13-23-18/h2-3,6-7,12-13H,1,4-5,8-11H2,(H,26,30)(H,27,33)(H,23,24,31). The molecule has 1 aliphatic carbocycles. The highest BCUT2D eigenvalue weighted by Crippen LogP contribution is 2.33. The largest absolute Gasteiger partial charge is 0.325 e. The maximum atomic E-state index is 12.9. The van der Waals surface area contributed by atoms with Crippen LogP contribution in [0.5, 0.6) is 0 Å². The number of carbonyl (C=O) groups excluding carboxylic acids is 3. The summed E-state index contributed by atoms with van der Waals surface area (Å²) < 4.78 is 1.48. The average molecular weight is 449 g/mol. The van der Waals surface area contributed by atoms with E-state index in [1.165, 1.54) is 17.2 Å². The molecule has 1 saturated carbocycles. The van der Waals surface area contributed by atoms with Gasteiger partial charge in [0.25, 0.3) is 11.5 Å². The number of imide groups is 1. The number of nitrogens with zero attached hydrogens (tertiary/aromatic N) is 4. The molecule has 2 aliphatic rings. The molecule has 1 aliphatic heterocycles. The van der Waals surface area contributed by atoms with E-state index in [0.29, 0.717) is 35.2 Å². The van der Waals surface area contributed by atoms with Crippen molar-refractivity contribution in [3.05, 3.63) is 47.1 Å². The van der Waals surface area contributed by atoms with E-state index in [9.17, 15) is 19.2 Å². The third-order valence-electron chi connectivity index (χ3n) is 6.29. The fourth-order valence-electron chi connectivity index (χ4n) is 4.60. The van der Waals surface area contributed by atoms with Gasteiger partial charge in [-0.05, 0) is 25.0 Å². The number of fused-ring (bicyclic) bond motifs is 1. The molecule has 1 spiro atoms. The summed E-state index contributed by atoms with van der Waals surface area (Å²) in [7, 11) is 0. The molecule has 11 nitrogen and oxygen atoms in total. The molecule has 33 heavy (non-hydrogen) atoms. The topological polar surface area (TPSA) is 142 Å². The Bertz CT molecular complexity index is 1310. The molecule has 0 radical (unpaired) electrons. The molecule has 4 amide bonds. The number of urea groups is 1. The van der Waals surface area contributed by atoms with E-state index in [1.54, 1.807) is 24.3 Å². The second-order valence-electron chi connectivity index (χ2n) is 8.37. The van der Waals surface area contributed by atoms with Gasteiger partial charge in [0.1, 0.15) is 10.9 Å². The first-order valence-electron chi connectivity index (χ1n) is 10.9. The minimum absolute atomic E-state index is 0.00203. The van der Waals surface area contributed by atoms with Crippen LogP contribution in [0.3, 0.4) is 0 Å². The molecule has 3 heterocycles. The van der Waals surface area contributed by atoms with Crippen LogP contribution < -0.4 is 16.2 Å². The molecule has 1 saturated heterocycles. The van der Waals surface area contributed by atoms with E-state index in [4.69, 9.17) is 0 Å². The van der Waals surface area contributed by atoms with Crippen LogP contribution in [0.15, 0.2) is 41.6 Å². The molecule has 2 aromatic heterocycles. The lowest BCUT2D eigenvalue weighted by molar-refractivity contribution is -0.132. The Kier molecular flexibility index (Phi) is 5.15. The summed E-state index contributed by atoms with van der Waals surface area (Å²) in [6.07, 6.45) is 6.81. The third-order valence-corrected chi connectivity index (χ3v) is 6.29. The molecule has 11 heteroatoms. The average Bonchev–Trinajstić information content (AvgIpc) is 3.34. The predicted octanol–water partition coefficient (Wildman–Crippen LogP) is 1.69. The van der Waals surface area contributed by atoms with Crippen molar-refractivity contribution in [2.24, 2.45) is 0 Å². The quantitative estimate of drug-likeness (QED) is 0.506. The zero-order chi connectivity index (χ0) is 23.0. The van der Waals surface area contributed by atoms with Crippen LogP contribution in [0.2, 0.25) is 0 Å². The summed E-state index contributed by atoms with van der Waals surface area (Å²) in [5.41, 5.74) is 0.255. The van der Waals surface area contributed by atoms with E-state index in [0.717, 1.165) is 24.2 Å². The van der Waals surface area contributed by atoms with Crippen LogP contribution >= 0.6 is 0 Å². The number of H-pyrrole nitrogens is 1. The maximum Gasteiger partial charge on any atom is 0.325 e. The van der Waals surface area contributed by atoms with E-state index in [1.807, 2.05) is 0 Å². The number of carbonyl (C=O) groups is 3. The van der Waals surface area contributed by atoms with Gasteiger partial charge in [-0.2, -0.15) is 5.10 Å².